The number of fused-ring (bicyclic) bond motifs is 1. The third kappa shape index (κ3) is 2.45. The number of halogens is 1. The first-order valence-corrected chi connectivity index (χ1v) is 6.54. The van der Waals surface area contributed by atoms with Crippen LogP contribution in [0.25, 0.3) is 5.65 Å². The maximum absolute atomic E-state index is 5.95. The Kier molecular flexibility index (Phi) is 3.04. The van der Waals surface area contributed by atoms with E-state index in [0.717, 1.165) is 29.3 Å². The van der Waals surface area contributed by atoms with E-state index in [4.69, 9.17) is 11.6 Å². The van der Waals surface area contributed by atoms with E-state index < -0.39 is 0 Å². The van der Waals surface area contributed by atoms with E-state index in [9.17, 15) is 0 Å². The molecule has 1 aliphatic heterocycles. The quantitative estimate of drug-likeness (QED) is 0.834. The van der Waals surface area contributed by atoms with Gasteiger partial charge in [0.05, 0.1) is 5.69 Å². The predicted molar refractivity (Wildman–Crippen MR) is 69.6 cm³/mol. The van der Waals surface area contributed by atoms with E-state index in [1.807, 2.05) is 22.7 Å². The van der Waals surface area contributed by atoms with Crippen LogP contribution in [0.5, 0.6) is 0 Å². The van der Waals surface area contributed by atoms with Crippen molar-refractivity contribution in [2.45, 2.75) is 19.3 Å². The van der Waals surface area contributed by atoms with Gasteiger partial charge in [0.25, 0.3) is 0 Å². The third-order valence-electron chi connectivity index (χ3n) is 3.36. The Labute approximate surface area is 106 Å². The first-order valence-electron chi connectivity index (χ1n) is 6.17. The number of imidazole rings is 1. The Morgan fingerprint density at radius 3 is 2.94 bits per heavy atom. The van der Waals surface area contributed by atoms with Gasteiger partial charge in [0, 0.05) is 30.4 Å². The molecule has 0 atom stereocenters. The zero-order valence-corrected chi connectivity index (χ0v) is 10.5. The van der Waals surface area contributed by atoms with Crippen molar-refractivity contribution >= 4 is 17.2 Å². The Bertz CT molecular complexity index is 514. The molecule has 1 aliphatic rings. The third-order valence-corrected chi connectivity index (χ3v) is 3.59. The van der Waals surface area contributed by atoms with Gasteiger partial charge in [0.2, 0.25) is 0 Å². The van der Waals surface area contributed by atoms with Crippen LogP contribution in [0.1, 0.15) is 18.5 Å². The summed E-state index contributed by atoms with van der Waals surface area (Å²) in [6, 6.07) is 3.79. The van der Waals surface area contributed by atoms with Crippen molar-refractivity contribution < 1.29 is 0 Å². The number of hydrogen-bond acceptors (Lipinski definition) is 2. The van der Waals surface area contributed by atoms with Crippen molar-refractivity contribution in [3.8, 4) is 0 Å². The first-order chi connectivity index (χ1) is 8.31. The van der Waals surface area contributed by atoms with Gasteiger partial charge in [0.1, 0.15) is 5.65 Å². The van der Waals surface area contributed by atoms with Gasteiger partial charge in [-0.25, -0.2) is 4.98 Å². The van der Waals surface area contributed by atoms with Crippen molar-refractivity contribution in [2.24, 2.45) is 0 Å². The SMILES string of the molecule is Clc1ccn2cc(CCN3CCCC3)nc2c1. The van der Waals surface area contributed by atoms with Gasteiger partial charge in [-0.15, -0.1) is 0 Å². The molecule has 0 bridgehead atoms. The van der Waals surface area contributed by atoms with Gasteiger partial charge in [-0.05, 0) is 38.1 Å². The fourth-order valence-electron chi connectivity index (χ4n) is 2.41. The van der Waals surface area contributed by atoms with Crippen molar-refractivity contribution in [3.05, 3.63) is 35.2 Å². The van der Waals surface area contributed by atoms with Crippen LogP contribution >= 0.6 is 11.6 Å². The van der Waals surface area contributed by atoms with Gasteiger partial charge in [-0.1, -0.05) is 11.6 Å². The van der Waals surface area contributed by atoms with Crippen LogP contribution in [-0.2, 0) is 6.42 Å². The summed E-state index contributed by atoms with van der Waals surface area (Å²) in [6.07, 6.45) is 7.78. The molecule has 0 N–H and O–H groups in total. The van der Waals surface area contributed by atoms with E-state index in [1.54, 1.807) is 0 Å². The summed E-state index contributed by atoms with van der Waals surface area (Å²) in [6.45, 7) is 3.62. The maximum Gasteiger partial charge on any atom is 0.138 e. The topological polar surface area (TPSA) is 20.5 Å². The highest BCUT2D eigenvalue weighted by molar-refractivity contribution is 6.30. The maximum atomic E-state index is 5.95. The molecule has 0 aromatic carbocycles. The smallest absolute Gasteiger partial charge is 0.138 e. The normalized spacial score (nSPS) is 17.0. The molecule has 0 aliphatic carbocycles. The average molecular weight is 250 g/mol. The summed E-state index contributed by atoms with van der Waals surface area (Å²) in [5.74, 6) is 0. The molecule has 1 fully saturated rings. The number of pyridine rings is 1. The molecule has 3 nitrogen and oxygen atoms in total. The minimum absolute atomic E-state index is 0.745. The summed E-state index contributed by atoms with van der Waals surface area (Å²) >= 11 is 5.95. The molecule has 90 valence electrons. The Balaban J connectivity index is 1.72. The number of aromatic nitrogens is 2. The zero-order chi connectivity index (χ0) is 11.7. The molecule has 3 rings (SSSR count). The number of likely N-dealkylation sites (tertiary alicyclic amines) is 1. The van der Waals surface area contributed by atoms with Crippen molar-refractivity contribution in [3.63, 3.8) is 0 Å². The van der Waals surface area contributed by atoms with E-state index in [-0.39, 0.29) is 0 Å². The fraction of sp³-hybridized carbons (Fsp3) is 0.462. The van der Waals surface area contributed by atoms with Crippen LogP contribution < -0.4 is 0 Å². The second-order valence-electron chi connectivity index (χ2n) is 4.64. The molecular weight excluding hydrogens is 234 g/mol. The molecule has 17 heavy (non-hydrogen) atoms. The van der Waals surface area contributed by atoms with E-state index >= 15 is 0 Å². The lowest BCUT2D eigenvalue weighted by molar-refractivity contribution is 0.342. The van der Waals surface area contributed by atoms with E-state index in [2.05, 4.69) is 16.1 Å². The number of hydrogen-bond donors (Lipinski definition) is 0. The molecule has 0 unspecified atom stereocenters. The second kappa shape index (κ2) is 4.67. The molecule has 2 aromatic rings. The molecule has 3 heterocycles. The van der Waals surface area contributed by atoms with Crippen LogP contribution in [0.2, 0.25) is 5.02 Å². The van der Waals surface area contributed by atoms with Crippen molar-refractivity contribution in [1.29, 1.82) is 0 Å². The highest BCUT2D eigenvalue weighted by Gasteiger charge is 2.11. The van der Waals surface area contributed by atoms with Crippen LogP contribution in [0.15, 0.2) is 24.5 Å². The van der Waals surface area contributed by atoms with Crippen LogP contribution in [-0.4, -0.2) is 33.9 Å². The van der Waals surface area contributed by atoms with E-state index in [0.29, 0.717) is 0 Å². The highest BCUT2D eigenvalue weighted by atomic mass is 35.5. The summed E-state index contributed by atoms with van der Waals surface area (Å²) in [7, 11) is 0. The summed E-state index contributed by atoms with van der Waals surface area (Å²) in [4.78, 5) is 7.10. The number of rotatable bonds is 3. The summed E-state index contributed by atoms with van der Waals surface area (Å²) in [5.41, 5.74) is 2.09. The molecule has 0 radical (unpaired) electrons. The van der Waals surface area contributed by atoms with E-state index in [1.165, 1.54) is 25.9 Å². The molecule has 0 saturated carbocycles. The largest absolute Gasteiger partial charge is 0.307 e. The van der Waals surface area contributed by atoms with Gasteiger partial charge in [-0.2, -0.15) is 0 Å². The Morgan fingerprint density at radius 2 is 2.12 bits per heavy atom. The second-order valence-corrected chi connectivity index (χ2v) is 5.08. The minimum Gasteiger partial charge on any atom is -0.307 e. The highest BCUT2D eigenvalue weighted by Crippen LogP contribution is 2.13. The Hall–Kier alpha value is -1.06. The lowest BCUT2D eigenvalue weighted by atomic mass is 10.3. The van der Waals surface area contributed by atoms with Crippen LogP contribution in [0.3, 0.4) is 0 Å². The molecule has 0 amide bonds. The molecule has 0 spiro atoms. The van der Waals surface area contributed by atoms with Crippen molar-refractivity contribution in [1.82, 2.24) is 14.3 Å². The van der Waals surface area contributed by atoms with Gasteiger partial charge in [0.15, 0.2) is 0 Å². The van der Waals surface area contributed by atoms with Crippen LogP contribution in [0, 0.1) is 0 Å². The summed E-state index contributed by atoms with van der Waals surface area (Å²) < 4.78 is 2.03. The van der Waals surface area contributed by atoms with Gasteiger partial charge < -0.3 is 9.30 Å². The predicted octanol–water partition coefficient (Wildman–Crippen LogP) is 2.63. The molecule has 4 heteroatoms. The lowest BCUT2D eigenvalue weighted by Gasteiger charge is -2.12. The fourth-order valence-corrected chi connectivity index (χ4v) is 2.56. The monoisotopic (exact) mass is 249 g/mol. The Morgan fingerprint density at radius 1 is 1.29 bits per heavy atom. The summed E-state index contributed by atoms with van der Waals surface area (Å²) in [5, 5.41) is 0.745. The lowest BCUT2D eigenvalue weighted by Crippen LogP contribution is -2.21. The first kappa shape index (κ1) is 11.1. The standard InChI is InChI=1S/C13H16ClN3/c14-11-3-8-17-10-12(15-13(17)9-11)4-7-16-5-1-2-6-16/h3,8-10H,1-2,4-7H2. The van der Waals surface area contributed by atoms with Crippen LogP contribution in [0.4, 0.5) is 0 Å². The van der Waals surface area contributed by atoms with Crippen molar-refractivity contribution in [2.75, 3.05) is 19.6 Å². The zero-order valence-electron chi connectivity index (χ0n) is 9.77. The minimum atomic E-state index is 0.745. The number of nitrogens with zero attached hydrogens (tertiary/aromatic N) is 3. The molecular formula is C13H16ClN3. The van der Waals surface area contributed by atoms with Gasteiger partial charge >= 0.3 is 0 Å². The van der Waals surface area contributed by atoms with Gasteiger partial charge in [-0.3, -0.25) is 0 Å². The molecule has 2 aromatic heterocycles. The average Bonchev–Trinajstić information content (AvgIpc) is 2.94. The molecule has 1 saturated heterocycles.